The zero-order valence-corrected chi connectivity index (χ0v) is 15.3. The number of nitrogens with zero attached hydrogens (tertiary/aromatic N) is 3. The zero-order valence-electron chi connectivity index (χ0n) is 12.1. The number of halogens is 2. The summed E-state index contributed by atoms with van der Waals surface area (Å²) in [7, 11) is 0. The molecule has 118 valence electrons. The first-order valence-electron chi connectivity index (χ1n) is 7.03. The largest absolute Gasteiger partial charge is 0.291 e. The van der Waals surface area contributed by atoms with Gasteiger partial charge in [0.25, 0.3) is 5.56 Å². The molecule has 2 heterocycles. The van der Waals surface area contributed by atoms with E-state index in [1.165, 1.54) is 15.9 Å². The Morgan fingerprint density at radius 3 is 2.67 bits per heavy atom. The van der Waals surface area contributed by atoms with Gasteiger partial charge in [-0.15, -0.1) is 5.10 Å². The summed E-state index contributed by atoms with van der Waals surface area (Å²) in [5.41, 5.74) is 1.57. The number of rotatable bonds is 2. The molecule has 4 rings (SSSR count). The molecule has 0 saturated heterocycles. The average molecular weight is 419 g/mol. The van der Waals surface area contributed by atoms with E-state index < -0.39 is 0 Å². The second-order valence-electron chi connectivity index (χ2n) is 5.11. The van der Waals surface area contributed by atoms with Crippen LogP contribution in [-0.2, 0) is 0 Å². The Balaban J connectivity index is 1.81. The Morgan fingerprint density at radius 1 is 1.17 bits per heavy atom. The van der Waals surface area contributed by atoms with Gasteiger partial charge >= 0.3 is 0 Å². The molecule has 2 aromatic carbocycles. The summed E-state index contributed by atoms with van der Waals surface area (Å²) in [6, 6.07) is 15.0. The maximum Gasteiger partial charge on any atom is 0.291 e. The van der Waals surface area contributed by atoms with Crippen LogP contribution in [0.25, 0.3) is 22.4 Å². The van der Waals surface area contributed by atoms with Crippen molar-refractivity contribution in [1.82, 2.24) is 14.6 Å². The van der Waals surface area contributed by atoms with Gasteiger partial charge < -0.3 is 0 Å². The molecule has 0 aliphatic rings. The molecule has 0 spiro atoms. The number of hydrogen-bond donors (Lipinski definition) is 0. The van der Waals surface area contributed by atoms with Gasteiger partial charge in [0.15, 0.2) is 5.82 Å². The lowest BCUT2D eigenvalue weighted by atomic mass is 10.2. The van der Waals surface area contributed by atoms with Crippen LogP contribution in [0.1, 0.15) is 5.56 Å². The van der Waals surface area contributed by atoms with Crippen molar-refractivity contribution in [2.24, 2.45) is 0 Å². The molecule has 0 amide bonds. The number of thiazole rings is 1. The van der Waals surface area contributed by atoms with Crippen LogP contribution in [0.15, 0.2) is 57.8 Å². The first-order valence-corrected chi connectivity index (χ1v) is 9.02. The van der Waals surface area contributed by atoms with E-state index in [0.717, 1.165) is 15.6 Å². The molecule has 0 radical (unpaired) electrons. The molecular formula is C17H9BrClN3OS. The van der Waals surface area contributed by atoms with Crippen LogP contribution >= 0.6 is 38.9 Å². The fourth-order valence-corrected chi connectivity index (χ4v) is 3.67. The molecule has 0 aliphatic heterocycles. The van der Waals surface area contributed by atoms with Crippen LogP contribution < -0.4 is 10.1 Å². The van der Waals surface area contributed by atoms with Crippen LogP contribution in [0.5, 0.6) is 0 Å². The van der Waals surface area contributed by atoms with Gasteiger partial charge in [-0.3, -0.25) is 4.79 Å². The molecule has 24 heavy (non-hydrogen) atoms. The number of benzene rings is 2. The first-order chi connectivity index (χ1) is 11.6. The molecule has 2 aromatic heterocycles. The summed E-state index contributed by atoms with van der Waals surface area (Å²) >= 11 is 10.7. The molecule has 0 unspecified atom stereocenters. The van der Waals surface area contributed by atoms with Gasteiger partial charge in [0.1, 0.15) is 0 Å². The third-order valence-corrected chi connectivity index (χ3v) is 5.15. The molecule has 0 atom stereocenters. The second-order valence-corrected chi connectivity index (χ2v) is 7.47. The maximum absolute atomic E-state index is 12.5. The number of fused-ring (bicyclic) bond motifs is 1. The highest BCUT2D eigenvalue weighted by Crippen LogP contribution is 2.19. The van der Waals surface area contributed by atoms with Crippen molar-refractivity contribution in [2.75, 3.05) is 0 Å². The highest BCUT2D eigenvalue weighted by Gasteiger charge is 2.11. The van der Waals surface area contributed by atoms with Crippen LogP contribution in [0, 0.1) is 0 Å². The lowest BCUT2D eigenvalue weighted by Crippen LogP contribution is -2.23. The van der Waals surface area contributed by atoms with Gasteiger partial charge in [-0.05, 0) is 35.9 Å². The predicted molar refractivity (Wildman–Crippen MR) is 101 cm³/mol. The van der Waals surface area contributed by atoms with E-state index >= 15 is 0 Å². The standard InChI is InChI=1S/C17H9BrClN3OS/c18-12-6-4-11(5-7-12)15-20-17-22(21-15)16(23)14(24-17)9-10-2-1-3-13(19)8-10/h1-9H. The minimum atomic E-state index is -0.175. The number of hydrogen-bond acceptors (Lipinski definition) is 4. The third-order valence-electron chi connectivity index (χ3n) is 3.43. The molecular weight excluding hydrogens is 410 g/mol. The van der Waals surface area contributed by atoms with E-state index in [1.54, 1.807) is 12.1 Å². The summed E-state index contributed by atoms with van der Waals surface area (Å²) in [6.45, 7) is 0. The quantitative estimate of drug-likeness (QED) is 0.498. The minimum absolute atomic E-state index is 0.175. The number of aromatic nitrogens is 3. The molecule has 0 fully saturated rings. The van der Waals surface area contributed by atoms with Crippen molar-refractivity contribution >= 4 is 49.9 Å². The minimum Gasteiger partial charge on any atom is -0.266 e. The van der Waals surface area contributed by atoms with Gasteiger partial charge in [0.05, 0.1) is 4.53 Å². The molecule has 7 heteroatoms. The summed E-state index contributed by atoms with van der Waals surface area (Å²) in [6.07, 6.45) is 1.80. The van der Waals surface area contributed by atoms with E-state index in [9.17, 15) is 4.79 Å². The Labute approximate surface area is 154 Å². The lowest BCUT2D eigenvalue weighted by molar-refractivity contribution is 0.937. The van der Waals surface area contributed by atoms with Gasteiger partial charge in [-0.2, -0.15) is 9.50 Å². The smallest absolute Gasteiger partial charge is 0.266 e. The predicted octanol–water partition coefficient (Wildman–Crippen LogP) is 3.78. The fourth-order valence-electron chi connectivity index (χ4n) is 2.30. The fraction of sp³-hybridized carbons (Fsp3) is 0. The Bertz CT molecular complexity index is 1150. The van der Waals surface area contributed by atoms with Crippen LogP contribution in [0.3, 0.4) is 0 Å². The van der Waals surface area contributed by atoms with Crippen molar-refractivity contribution < 1.29 is 0 Å². The third kappa shape index (κ3) is 2.88. The van der Waals surface area contributed by atoms with Gasteiger partial charge in [0.2, 0.25) is 4.96 Å². The molecule has 0 N–H and O–H groups in total. The van der Waals surface area contributed by atoms with Crippen molar-refractivity contribution in [3.8, 4) is 11.4 Å². The summed E-state index contributed by atoms with van der Waals surface area (Å²) in [4.78, 5) is 17.6. The molecule has 0 saturated carbocycles. The summed E-state index contributed by atoms with van der Waals surface area (Å²) < 4.78 is 2.91. The Kier molecular flexibility index (Phi) is 3.96. The van der Waals surface area contributed by atoms with Crippen molar-refractivity contribution in [3.63, 3.8) is 0 Å². The highest BCUT2D eigenvalue weighted by atomic mass is 79.9. The molecule has 0 bridgehead atoms. The molecule has 4 aromatic rings. The second kappa shape index (κ2) is 6.12. The highest BCUT2D eigenvalue weighted by molar-refractivity contribution is 9.10. The van der Waals surface area contributed by atoms with Crippen LogP contribution in [0.2, 0.25) is 5.02 Å². The zero-order chi connectivity index (χ0) is 16.7. The SMILES string of the molecule is O=c1c(=Cc2cccc(Cl)c2)sc2nc(-c3ccc(Br)cc3)nn12. The van der Waals surface area contributed by atoms with Gasteiger partial charge in [-0.25, -0.2) is 0 Å². The van der Waals surface area contributed by atoms with E-state index in [4.69, 9.17) is 11.6 Å². The lowest BCUT2D eigenvalue weighted by Gasteiger charge is -1.94. The van der Waals surface area contributed by atoms with Crippen LogP contribution in [-0.4, -0.2) is 14.6 Å². The Morgan fingerprint density at radius 2 is 1.96 bits per heavy atom. The monoisotopic (exact) mass is 417 g/mol. The van der Waals surface area contributed by atoms with Crippen molar-refractivity contribution in [1.29, 1.82) is 0 Å². The van der Waals surface area contributed by atoms with Gasteiger partial charge in [-0.1, -0.05) is 63.1 Å². The van der Waals surface area contributed by atoms with Crippen LogP contribution in [0.4, 0.5) is 0 Å². The van der Waals surface area contributed by atoms with E-state index in [0.29, 0.717) is 20.3 Å². The Hall–Kier alpha value is -2.02. The topological polar surface area (TPSA) is 47.3 Å². The molecule has 4 nitrogen and oxygen atoms in total. The van der Waals surface area contributed by atoms with Crippen molar-refractivity contribution in [2.45, 2.75) is 0 Å². The summed E-state index contributed by atoms with van der Waals surface area (Å²) in [5, 5.41) is 4.97. The van der Waals surface area contributed by atoms with E-state index in [-0.39, 0.29) is 5.56 Å². The van der Waals surface area contributed by atoms with Gasteiger partial charge in [0, 0.05) is 15.1 Å². The van der Waals surface area contributed by atoms with Crippen molar-refractivity contribution in [3.05, 3.63) is 78.5 Å². The van der Waals surface area contributed by atoms with E-state index in [2.05, 4.69) is 26.0 Å². The first kappa shape index (κ1) is 15.5. The average Bonchev–Trinajstić information content (AvgIpc) is 3.09. The molecule has 0 aliphatic carbocycles. The van der Waals surface area contributed by atoms with E-state index in [1.807, 2.05) is 42.5 Å². The normalized spacial score (nSPS) is 12.2. The summed E-state index contributed by atoms with van der Waals surface area (Å²) in [5.74, 6) is 0.542. The maximum atomic E-state index is 12.5.